The predicted molar refractivity (Wildman–Crippen MR) is 73.2 cm³/mol. The third-order valence-corrected chi connectivity index (χ3v) is 3.88. The Labute approximate surface area is 112 Å². The van der Waals surface area contributed by atoms with E-state index in [0.29, 0.717) is 30.7 Å². The standard InChI is InChI=1S/C14H20N2O3/c1-10-5-6-13(16(17)18)14(7-10)19-9-12-4-2-3-11(12)8-15/h5-7,11-12H,2-4,8-9,15H2,1H3. The van der Waals surface area contributed by atoms with Crippen molar-refractivity contribution < 1.29 is 9.66 Å². The van der Waals surface area contributed by atoms with E-state index in [1.165, 1.54) is 12.5 Å². The first-order valence-corrected chi connectivity index (χ1v) is 6.69. The van der Waals surface area contributed by atoms with Crippen LogP contribution in [-0.2, 0) is 0 Å². The Kier molecular flexibility index (Phi) is 4.37. The Bertz CT molecular complexity index is 462. The summed E-state index contributed by atoms with van der Waals surface area (Å²) in [5.74, 6) is 1.28. The normalized spacial score (nSPS) is 22.4. The molecular weight excluding hydrogens is 244 g/mol. The van der Waals surface area contributed by atoms with Crippen LogP contribution in [0.1, 0.15) is 24.8 Å². The minimum absolute atomic E-state index is 0.0351. The summed E-state index contributed by atoms with van der Waals surface area (Å²) in [5.41, 5.74) is 6.73. The van der Waals surface area contributed by atoms with Gasteiger partial charge in [0, 0.05) is 6.07 Å². The fraction of sp³-hybridized carbons (Fsp3) is 0.571. The minimum atomic E-state index is -0.399. The monoisotopic (exact) mass is 264 g/mol. The van der Waals surface area contributed by atoms with Crippen LogP contribution in [0.3, 0.4) is 0 Å². The number of aryl methyl sites for hydroxylation is 1. The quantitative estimate of drug-likeness (QED) is 0.655. The van der Waals surface area contributed by atoms with Crippen molar-refractivity contribution in [3.8, 4) is 5.75 Å². The van der Waals surface area contributed by atoms with E-state index < -0.39 is 4.92 Å². The maximum atomic E-state index is 11.0. The fourth-order valence-corrected chi connectivity index (χ4v) is 2.73. The molecule has 1 aliphatic rings. The summed E-state index contributed by atoms with van der Waals surface area (Å²) < 4.78 is 5.70. The van der Waals surface area contributed by atoms with E-state index in [4.69, 9.17) is 10.5 Å². The molecule has 1 aromatic carbocycles. The summed E-state index contributed by atoms with van der Waals surface area (Å²) in [6, 6.07) is 4.95. The molecule has 0 spiro atoms. The Balaban J connectivity index is 2.06. The van der Waals surface area contributed by atoms with Crippen LogP contribution in [0.2, 0.25) is 0 Å². The van der Waals surface area contributed by atoms with Gasteiger partial charge in [-0.2, -0.15) is 0 Å². The lowest BCUT2D eigenvalue weighted by atomic mass is 9.97. The van der Waals surface area contributed by atoms with Crippen LogP contribution in [0.15, 0.2) is 18.2 Å². The number of benzene rings is 1. The number of ether oxygens (including phenoxy) is 1. The lowest BCUT2D eigenvalue weighted by Gasteiger charge is -2.18. The second-order valence-electron chi connectivity index (χ2n) is 5.23. The lowest BCUT2D eigenvalue weighted by molar-refractivity contribution is -0.385. The lowest BCUT2D eigenvalue weighted by Crippen LogP contribution is -2.23. The molecule has 5 nitrogen and oxygen atoms in total. The minimum Gasteiger partial charge on any atom is -0.487 e. The molecule has 2 unspecified atom stereocenters. The predicted octanol–water partition coefficient (Wildman–Crippen LogP) is 2.66. The number of hydrogen-bond donors (Lipinski definition) is 1. The van der Waals surface area contributed by atoms with E-state index in [9.17, 15) is 10.1 Å². The van der Waals surface area contributed by atoms with Crippen molar-refractivity contribution in [2.45, 2.75) is 26.2 Å². The molecule has 0 saturated heterocycles. The molecule has 1 saturated carbocycles. The van der Waals surface area contributed by atoms with Crippen molar-refractivity contribution in [3.05, 3.63) is 33.9 Å². The molecule has 0 radical (unpaired) electrons. The maximum Gasteiger partial charge on any atom is 0.310 e. The highest BCUT2D eigenvalue weighted by molar-refractivity contribution is 5.48. The highest BCUT2D eigenvalue weighted by Gasteiger charge is 2.27. The molecule has 1 fully saturated rings. The molecule has 1 aromatic rings. The number of rotatable bonds is 5. The largest absolute Gasteiger partial charge is 0.487 e. The van der Waals surface area contributed by atoms with Crippen molar-refractivity contribution in [3.63, 3.8) is 0 Å². The van der Waals surface area contributed by atoms with Crippen LogP contribution in [-0.4, -0.2) is 18.1 Å². The zero-order chi connectivity index (χ0) is 13.8. The number of nitro groups is 1. The van der Waals surface area contributed by atoms with Crippen LogP contribution in [0, 0.1) is 28.9 Å². The van der Waals surface area contributed by atoms with Crippen LogP contribution in [0.25, 0.3) is 0 Å². The van der Waals surface area contributed by atoms with E-state index >= 15 is 0 Å². The Hall–Kier alpha value is -1.62. The van der Waals surface area contributed by atoms with Crippen molar-refractivity contribution in [2.24, 2.45) is 17.6 Å². The molecule has 5 heteroatoms. The molecule has 0 amide bonds. The zero-order valence-electron chi connectivity index (χ0n) is 11.2. The smallest absolute Gasteiger partial charge is 0.310 e. The third-order valence-electron chi connectivity index (χ3n) is 3.88. The number of nitrogens with zero attached hydrogens (tertiary/aromatic N) is 1. The molecule has 0 bridgehead atoms. The van der Waals surface area contributed by atoms with E-state index in [2.05, 4.69) is 0 Å². The Morgan fingerprint density at radius 2 is 2.16 bits per heavy atom. The molecule has 2 atom stereocenters. The van der Waals surface area contributed by atoms with Gasteiger partial charge in [0.2, 0.25) is 0 Å². The summed E-state index contributed by atoms with van der Waals surface area (Å²) >= 11 is 0. The van der Waals surface area contributed by atoms with Gasteiger partial charge in [0.15, 0.2) is 5.75 Å². The average molecular weight is 264 g/mol. The molecule has 0 aliphatic heterocycles. The fourth-order valence-electron chi connectivity index (χ4n) is 2.73. The van der Waals surface area contributed by atoms with Crippen molar-refractivity contribution in [1.29, 1.82) is 0 Å². The zero-order valence-corrected chi connectivity index (χ0v) is 11.2. The van der Waals surface area contributed by atoms with E-state index in [1.807, 2.05) is 6.92 Å². The second kappa shape index (κ2) is 6.02. The topological polar surface area (TPSA) is 78.4 Å². The molecule has 2 N–H and O–H groups in total. The summed E-state index contributed by atoms with van der Waals surface area (Å²) in [6.45, 7) is 3.09. The molecule has 2 rings (SSSR count). The van der Waals surface area contributed by atoms with Gasteiger partial charge in [-0.3, -0.25) is 10.1 Å². The van der Waals surface area contributed by atoms with Gasteiger partial charge in [-0.05, 0) is 49.8 Å². The maximum absolute atomic E-state index is 11.0. The first-order chi connectivity index (χ1) is 9.11. The molecule has 104 valence electrons. The summed E-state index contributed by atoms with van der Waals surface area (Å²) in [5, 5.41) is 11.0. The van der Waals surface area contributed by atoms with Crippen molar-refractivity contribution >= 4 is 5.69 Å². The van der Waals surface area contributed by atoms with Crippen LogP contribution < -0.4 is 10.5 Å². The highest BCUT2D eigenvalue weighted by Crippen LogP contribution is 2.33. The number of hydrogen-bond acceptors (Lipinski definition) is 4. The van der Waals surface area contributed by atoms with Gasteiger partial charge in [-0.25, -0.2) is 0 Å². The van der Waals surface area contributed by atoms with Gasteiger partial charge in [-0.15, -0.1) is 0 Å². The SMILES string of the molecule is Cc1ccc([N+](=O)[O-])c(OCC2CCCC2CN)c1. The molecular formula is C14H20N2O3. The van der Waals surface area contributed by atoms with E-state index in [-0.39, 0.29) is 5.69 Å². The molecule has 0 aromatic heterocycles. The van der Waals surface area contributed by atoms with Crippen LogP contribution in [0.4, 0.5) is 5.69 Å². The van der Waals surface area contributed by atoms with Crippen LogP contribution in [0.5, 0.6) is 5.75 Å². The molecule has 1 aliphatic carbocycles. The second-order valence-corrected chi connectivity index (χ2v) is 5.23. The van der Waals surface area contributed by atoms with Gasteiger partial charge in [0.05, 0.1) is 11.5 Å². The van der Waals surface area contributed by atoms with Crippen LogP contribution >= 0.6 is 0 Å². The van der Waals surface area contributed by atoms with E-state index in [1.54, 1.807) is 12.1 Å². The molecule has 0 heterocycles. The summed E-state index contributed by atoms with van der Waals surface area (Å²) in [7, 11) is 0. The number of nitrogens with two attached hydrogens (primary N) is 1. The van der Waals surface area contributed by atoms with Crippen molar-refractivity contribution in [2.75, 3.05) is 13.2 Å². The average Bonchev–Trinajstić information content (AvgIpc) is 2.83. The first-order valence-electron chi connectivity index (χ1n) is 6.69. The van der Waals surface area contributed by atoms with E-state index in [0.717, 1.165) is 18.4 Å². The summed E-state index contributed by atoms with van der Waals surface area (Å²) in [6.07, 6.45) is 3.41. The molecule has 19 heavy (non-hydrogen) atoms. The first kappa shape index (κ1) is 13.8. The number of nitro benzene ring substituents is 1. The van der Waals surface area contributed by atoms with Gasteiger partial charge in [-0.1, -0.05) is 12.5 Å². The third kappa shape index (κ3) is 3.23. The Morgan fingerprint density at radius 1 is 1.42 bits per heavy atom. The van der Waals surface area contributed by atoms with Gasteiger partial charge in [0.1, 0.15) is 0 Å². The highest BCUT2D eigenvalue weighted by atomic mass is 16.6. The van der Waals surface area contributed by atoms with Gasteiger partial charge in [0.25, 0.3) is 0 Å². The van der Waals surface area contributed by atoms with Gasteiger partial charge < -0.3 is 10.5 Å². The Morgan fingerprint density at radius 3 is 2.84 bits per heavy atom. The van der Waals surface area contributed by atoms with Crippen molar-refractivity contribution in [1.82, 2.24) is 0 Å². The van der Waals surface area contributed by atoms with Gasteiger partial charge >= 0.3 is 5.69 Å². The summed E-state index contributed by atoms with van der Waals surface area (Å²) in [4.78, 5) is 10.6.